The van der Waals surface area contributed by atoms with Crippen molar-refractivity contribution in [2.75, 3.05) is 6.54 Å². The molecule has 82 valence electrons. The first-order valence-corrected chi connectivity index (χ1v) is 5.49. The fraction of sp³-hybridized carbons (Fsp3) is 0.636. The van der Waals surface area contributed by atoms with Crippen LogP contribution in [0.5, 0.6) is 0 Å². The number of hydrogen-bond donors (Lipinski definition) is 0. The quantitative estimate of drug-likeness (QED) is 0.744. The van der Waals surface area contributed by atoms with E-state index in [0.717, 1.165) is 25.5 Å². The normalized spacial score (nSPS) is 18.5. The highest BCUT2D eigenvalue weighted by Gasteiger charge is 2.24. The molecule has 0 N–H and O–H groups in total. The van der Waals surface area contributed by atoms with Gasteiger partial charge in [0, 0.05) is 31.9 Å². The molecule has 1 aromatic heterocycles. The van der Waals surface area contributed by atoms with Crippen molar-refractivity contribution in [2.45, 2.75) is 39.4 Å². The Morgan fingerprint density at radius 1 is 1.60 bits per heavy atom. The number of imidazole rings is 1. The van der Waals surface area contributed by atoms with Gasteiger partial charge in [0.25, 0.3) is 0 Å². The van der Waals surface area contributed by atoms with Crippen LogP contribution in [0.25, 0.3) is 0 Å². The SMILES string of the molecule is CCC(=O)C(C)N1CCn2ccnc2C1. The van der Waals surface area contributed by atoms with E-state index in [2.05, 4.69) is 14.5 Å². The summed E-state index contributed by atoms with van der Waals surface area (Å²) >= 11 is 0. The van der Waals surface area contributed by atoms with Crippen molar-refractivity contribution in [1.82, 2.24) is 14.5 Å². The van der Waals surface area contributed by atoms with Crippen molar-refractivity contribution in [3.63, 3.8) is 0 Å². The van der Waals surface area contributed by atoms with E-state index in [4.69, 9.17) is 0 Å². The van der Waals surface area contributed by atoms with Crippen LogP contribution in [-0.4, -0.2) is 32.8 Å². The third-order valence-electron chi connectivity index (χ3n) is 3.14. The van der Waals surface area contributed by atoms with E-state index >= 15 is 0 Å². The number of nitrogens with zero attached hydrogens (tertiary/aromatic N) is 3. The minimum Gasteiger partial charge on any atom is -0.333 e. The number of hydrogen-bond acceptors (Lipinski definition) is 3. The van der Waals surface area contributed by atoms with Crippen molar-refractivity contribution in [3.8, 4) is 0 Å². The maximum absolute atomic E-state index is 11.6. The molecule has 0 fully saturated rings. The molecule has 1 aromatic rings. The van der Waals surface area contributed by atoms with E-state index < -0.39 is 0 Å². The first-order valence-electron chi connectivity index (χ1n) is 5.49. The Labute approximate surface area is 89.9 Å². The number of Topliss-reactive ketones (excluding diaryl/α,β-unsaturated/α-hetero) is 1. The van der Waals surface area contributed by atoms with Crippen molar-refractivity contribution in [3.05, 3.63) is 18.2 Å². The minimum atomic E-state index is 0.0282. The van der Waals surface area contributed by atoms with Crippen LogP contribution in [0.2, 0.25) is 0 Å². The first kappa shape index (κ1) is 10.4. The van der Waals surface area contributed by atoms with Crippen LogP contribution in [0.4, 0.5) is 0 Å². The van der Waals surface area contributed by atoms with E-state index in [1.165, 1.54) is 0 Å². The summed E-state index contributed by atoms with van der Waals surface area (Å²) in [6.45, 7) is 6.58. The molecule has 1 aliphatic heterocycles. The van der Waals surface area contributed by atoms with Gasteiger partial charge >= 0.3 is 0 Å². The summed E-state index contributed by atoms with van der Waals surface area (Å²) in [7, 11) is 0. The van der Waals surface area contributed by atoms with Gasteiger partial charge in [-0.25, -0.2) is 4.98 Å². The fourth-order valence-corrected chi connectivity index (χ4v) is 2.02. The summed E-state index contributed by atoms with van der Waals surface area (Å²) in [6, 6.07) is 0.0282. The number of fused-ring (bicyclic) bond motifs is 1. The van der Waals surface area contributed by atoms with Gasteiger partial charge in [-0.05, 0) is 6.92 Å². The molecule has 4 heteroatoms. The van der Waals surface area contributed by atoms with Crippen LogP contribution >= 0.6 is 0 Å². The Bertz CT molecular complexity index is 358. The van der Waals surface area contributed by atoms with Gasteiger partial charge in [0.15, 0.2) is 0 Å². The van der Waals surface area contributed by atoms with Crippen LogP contribution in [0.3, 0.4) is 0 Å². The lowest BCUT2D eigenvalue weighted by atomic mass is 10.1. The summed E-state index contributed by atoms with van der Waals surface area (Å²) in [5.74, 6) is 1.38. The van der Waals surface area contributed by atoms with Gasteiger partial charge in [-0.2, -0.15) is 0 Å². The molecule has 1 atom stereocenters. The molecule has 2 rings (SSSR count). The predicted molar refractivity (Wildman–Crippen MR) is 57.4 cm³/mol. The third kappa shape index (κ3) is 1.95. The highest BCUT2D eigenvalue weighted by molar-refractivity contribution is 5.83. The van der Waals surface area contributed by atoms with Gasteiger partial charge in [-0.15, -0.1) is 0 Å². The van der Waals surface area contributed by atoms with E-state index in [-0.39, 0.29) is 6.04 Å². The molecule has 0 amide bonds. The van der Waals surface area contributed by atoms with Crippen LogP contribution < -0.4 is 0 Å². The van der Waals surface area contributed by atoms with Crippen LogP contribution in [-0.2, 0) is 17.9 Å². The summed E-state index contributed by atoms with van der Waals surface area (Å²) in [5, 5.41) is 0. The van der Waals surface area contributed by atoms with Gasteiger partial charge in [-0.3, -0.25) is 9.69 Å². The van der Waals surface area contributed by atoms with E-state index in [1.54, 1.807) is 0 Å². The lowest BCUT2D eigenvalue weighted by molar-refractivity contribution is -0.124. The Kier molecular flexibility index (Phi) is 2.86. The lowest BCUT2D eigenvalue weighted by Crippen LogP contribution is -2.43. The van der Waals surface area contributed by atoms with E-state index in [0.29, 0.717) is 12.2 Å². The zero-order chi connectivity index (χ0) is 10.8. The molecule has 0 radical (unpaired) electrons. The van der Waals surface area contributed by atoms with Crippen LogP contribution in [0.15, 0.2) is 12.4 Å². The Hall–Kier alpha value is -1.16. The Morgan fingerprint density at radius 2 is 2.40 bits per heavy atom. The highest BCUT2D eigenvalue weighted by Crippen LogP contribution is 2.14. The molecule has 4 nitrogen and oxygen atoms in total. The maximum Gasteiger partial charge on any atom is 0.149 e. The standard InChI is InChI=1S/C11H17N3O/c1-3-10(15)9(2)14-7-6-13-5-4-12-11(13)8-14/h4-5,9H,3,6-8H2,1-2H3. The monoisotopic (exact) mass is 207 g/mol. The molecule has 0 aliphatic carbocycles. The van der Waals surface area contributed by atoms with Gasteiger partial charge in [0.2, 0.25) is 0 Å². The molecule has 0 saturated heterocycles. The van der Waals surface area contributed by atoms with Gasteiger partial charge < -0.3 is 4.57 Å². The first-order chi connectivity index (χ1) is 7.22. The molecular formula is C11H17N3O. The van der Waals surface area contributed by atoms with Crippen LogP contribution in [0, 0.1) is 0 Å². The zero-order valence-corrected chi connectivity index (χ0v) is 9.31. The van der Waals surface area contributed by atoms with E-state index in [1.807, 2.05) is 26.2 Å². The van der Waals surface area contributed by atoms with Crippen molar-refractivity contribution in [1.29, 1.82) is 0 Å². The second-order valence-corrected chi connectivity index (χ2v) is 4.00. The number of ketones is 1. The fourth-order valence-electron chi connectivity index (χ4n) is 2.02. The van der Waals surface area contributed by atoms with Gasteiger partial charge in [0.1, 0.15) is 11.6 Å². The summed E-state index contributed by atoms with van der Waals surface area (Å²) in [6.07, 6.45) is 4.44. The predicted octanol–water partition coefficient (Wildman–Crippen LogP) is 1.07. The van der Waals surface area contributed by atoms with Crippen molar-refractivity contribution < 1.29 is 4.79 Å². The van der Waals surface area contributed by atoms with Crippen molar-refractivity contribution in [2.24, 2.45) is 0 Å². The number of carbonyl (C=O) groups excluding carboxylic acids is 1. The summed E-state index contributed by atoms with van der Waals surface area (Å²) in [5.41, 5.74) is 0. The largest absolute Gasteiger partial charge is 0.333 e. The second kappa shape index (κ2) is 4.14. The maximum atomic E-state index is 11.6. The molecule has 15 heavy (non-hydrogen) atoms. The smallest absolute Gasteiger partial charge is 0.149 e. The number of aromatic nitrogens is 2. The van der Waals surface area contributed by atoms with Gasteiger partial charge in [-0.1, -0.05) is 6.92 Å². The van der Waals surface area contributed by atoms with E-state index in [9.17, 15) is 4.79 Å². The molecule has 0 bridgehead atoms. The average molecular weight is 207 g/mol. The summed E-state index contributed by atoms with van der Waals surface area (Å²) < 4.78 is 2.15. The second-order valence-electron chi connectivity index (χ2n) is 4.00. The topological polar surface area (TPSA) is 38.1 Å². The lowest BCUT2D eigenvalue weighted by Gasteiger charge is -2.31. The molecule has 2 heterocycles. The molecule has 0 spiro atoms. The summed E-state index contributed by atoms with van der Waals surface area (Å²) in [4.78, 5) is 18.1. The minimum absolute atomic E-state index is 0.0282. The van der Waals surface area contributed by atoms with Crippen LogP contribution in [0.1, 0.15) is 26.1 Å². The highest BCUT2D eigenvalue weighted by atomic mass is 16.1. The van der Waals surface area contributed by atoms with Crippen molar-refractivity contribution >= 4 is 5.78 Å². The van der Waals surface area contributed by atoms with Gasteiger partial charge in [0.05, 0.1) is 12.6 Å². The molecule has 0 saturated carbocycles. The number of rotatable bonds is 3. The third-order valence-corrected chi connectivity index (χ3v) is 3.14. The molecular weight excluding hydrogens is 190 g/mol. The average Bonchev–Trinajstić information content (AvgIpc) is 2.73. The molecule has 1 unspecified atom stereocenters. The molecule has 1 aliphatic rings. The Balaban J connectivity index is 2.06. The number of carbonyl (C=O) groups is 1. The zero-order valence-electron chi connectivity index (χ0n) is 9.31. The Morgan fingerprint density at radius 3 is 3.13 bits per heavy atom. The molecule has 0 aromatic carbocycles.